The van der Waals surface area contributed by atoms with Crippen molar-refractivity contribution in [3.05, 3.63) is 81.2 Å². The number of fused-ring (bicyclic) bond motifs is 1. The van der Waals surface area contributed by atoms with E-state index in [2.05, 4.69) is 10.3 Å². The molecule has 0 atom stereocenters. The number of nitrogens with one attached hydrogen (secondary N) is 1. The summed E-state index contributed by atoms with van der Waals surface area (Å²) in [4.78, 5) is 17.4. The number of carbonyl (C=O) groups excluding carboxylic acids is 1. The van der Waals surface area contributed by atoms with E-state index in [1.807, 2.05) is 42.5 Å². The molecule has 0 radical (unpaired) electrons. The fourth-order valence-electron chi connectivity index (χ4n) is 2.66. The Labute approximate surface area is 164 Å². The molecule has 1 N–H and O–H groups in total. The summed E-state index contributed by atoms with van der Waals surface area (Å²) in [5.74, 6) is -0.194. The second-order valence-electron chi connectivity index (χ2n) is 5.65. The molecule has 3 nitrogen and oxygen atoms in total. The van der Waals surface area contributed by atoms with Crippen LogP contribution in [0, 0.1) is 0 Å². The van der Waals surface area contributed by atoms with E-state index in [1.54, 1.807) is 24.3 Å². The molecule has 4 rings (SSSR count). The molecule has 3 aromatic carbocycles. The SMILES string of the molecule is O=C1NC(=Nc2cccc3ccccc23)S/C1=C\c1ccc(Cl)cc1Cl. The molecule has 0 unspecified atom stereocenters. The van der Waals surface area contributed by atoms with Gasteiger partial charge in [-0.15, -0.1) is 0 Å². The molecule has 1 fully saturated rings. The van der Waals surface area contributed by atoms with E-state index in [0.717, 1.165) is 22.0 Å². The summed E-state index contributed by atoms with van der Waals surface area (Å²) in [5.41, 5.74) is 1.55. The van der Waals surface area contributed by atoms with E-state index >= 15 is 0 Å². The van der Waals surface area contributed by atoms with Gasteiger partial charge in [0.15, 0.2) is 5.17 Å². The molecule has 26 heavy (non-hydrogen) atoms. The zero-order valence-electron chi connectivity index (χ0n) is 13.4. The van der Waals surface area contributed by atoms with Crippen molar-refractivity contribution in [2.75, 3.05) is 0 Å². The molecule has 0 saturated carbocycles. The van der Waals surface area contributed by atoms with E-state index in [4.69, 9.17) is 23.2 Å². The van der Waals surface area contributed by atoms with Crippen LogP contribution in [0.25, 0.3) is 16.8 Å². The van der Waals surface area contributed by atoms with Crippen LogP contribution >= 0.6 is 35.0 Å². The third kappa shape index (κ3) is 3.49. The Kier molecular flexibility index (Phi) is 4.72. The summed E-state index contributed by atoms with van der Waals surface area (Å²) in [6.45, 7) is 0. The molecule has 1 saturated heterocycles. The zero-order valence-corrected chi connectivity index (χ0v) is 15.7. The Bertz CT molecular complexity index is 1090. The molecular weight excluding hydrogens is 387 g/mol. The number of hydrogen-bond donors (Lipinski definition) is 1. The van der Waals surface area contributed by atoms with Gasteiger partial charge in [-0.1, -0.05) is 65.7 Å². The Morgan fingerprint density at radius 2 is 1.81 bits per heavy atom. The molecule has 0 aromatic heterocycles. The van der Waals surface area contributed by atoms with Gasteiger partial charge in [0.25, 0.3) is 5.91 Å². The van der Waals surface area contributed by atoms with Crippen LogP contribution in [-0.2, 0) is 4.79 Å². The molecule has 0 spiro atoms. The van der Waals surface area contributed by atoms with E-state index in [9.17, 15) is 4.79 Å². The van der Waals surface area contributed by atoms with Crippen LogP contribution in [0.4, 0.5) is 5.69 Å². The van der Waals surface area contributed by atoms with E-state index in [-0.39, 0.29) is 5.91 Å². The van der Waals surface area contributed by atoms with Gasteiger partial charge in [0, 0.05) is 15.4 Å². The Morgan fingerprint density at radius 1 is 1.00 bits per heavy atom. The third-order valence-electron chi connectivity index (χ3n) is 3.89. The summed E-state index contributed by atoms with van der Waals surface area (Å²) in [7, 11) is 0. The van der Waals surface area contributed by atoms with Crippen LogP contribution in [0.3, 0.4) is 0 Å². The van der Waals surface area contributed by atoms with Crippen LogP contribution in [0.1, 0.15) is 5.56 Å². The first-order valence-corrected chi connectivity index (χ1v) is 9.40. The maximum Gasteiger partial charge on any atom is 0.264 e. The molecule has 6 heteroatoms. The van der Waals surface area contributed by atoms with Crippen LogP contribution in [0.2, 0.25) is 10.0 Å². The van der Waals surface area contributed by atoms with Crippen molar-refractivity contribution in [2.24, 2.45) is 4.99 Å². The van der Waals surface area contributed by atoms with Crippen LogP contribution in [0.5, 0.6) is 0 Å². The summed E-state index contributed by atoms with van der Waals surface area (Å²) in [5, 5.41) is 6.54. The number of thioether (sulfide) groups is 1. The van der Waals surface area contributed by atoms with Gasteiger partial charge in [0.2, 0.25) is 0 Å². The number of halogens is 2. The highest BCUT2D eigenvalue weighted by atomic mass is 35.5. The standard InChI is InChI=1S/C20H12Cl2N2OS/c21-14-9-8-13(16(22)11-14)10-18-19(25)24-20(26-18)23-17-7-3-5-12-4-1-2-6-15(12)17/h1-11H,(H,23,24,25)/b18-10-. The highest BCUT2D eigenvalue weighted by Crippen LogP contribution is 2.32. The maximum absolute atomic E-state index is 12.3. The molecule has 128 valence electrons. The Morgan fingerprint density at radius 3 is 2.65 bits per heavy atom. The number of hydrogen-bond acceptors (Lipinski definition) is 3. The normalized spacial score (nSPS) is 17.2. The highest BCUT2D eigenvalue weighted by Gasteiger charge is 2.24. The lowest BCUT2D eigenvalue weighted by molar-refractivity contribution is -0.115. The van der Waals surface area contributed by atoms with Crippen molar-refractivity contribution in [3.63, 3.8) is 0 Å². The van der Waals surface area contributed by atoms with Crippen molar-refractivity contribution in [2.45, 2.75) is 0 Å². The minimum atomic E-state index is -0.194. The Hall–Kier alpha value is -2.27. The minimum Gasteiger partial charge on any atom is -0.300 e. The van der Waals surface area contributed by atoms with Gasteiger partial charge in [-0.3, -0.25) is 4.79 Å². The summed E-state index contributed by atoms with van der Waals surface area (Å²) in [6.07, 6.45) is 1.74. The van der Waals surface area contributed by atoms with Gasteiger partial charge in [-0.05, 0) is 47.0 Å². The molecule has 3 aromatic rings. The number of aliphatic imine (C=N–C) groups is 1. The maximum atomic E-state index is 12.3. The average Bonchev–Trinajstić information content (AvgIpc) is 2.97. The molecule has 1 amide bonds. The summed E-state index contributed by atoms with van der Waals surface area (Å²) < 4.78 is 0. The van der Waals surface area contributed by atoms with Gasteiger partial charge in [0.05, 0.1) is 10.6 Å². The summed E-state index contributed by atoms with van der Waals surface area (Å²) >= 11 is 13.4. The van der Waals surface area contributed by atoms with Crippen molar-refractivity contribution < 1.29 is 4.79 Å². The fraction of sp³-hybridized carbons (Fsp3) is 0. The predicted molar refractivity (Wildman–Crippen MR) is 111 cm³/mol. The molecule has 1 aliphatic heterocycles. The lowest BCUT2D eigenvalue weighted by Crippen LogP contribution is -2.19. The third-order valence-corrected chi connectivity index (χ3v) is 5.36. The van der Waals surface area contributed by atoms with Crippen molar-refractivity contribution >= 4 is 68.6 Å². The number of amides is 1. The zero-order chi connectivity index (χ0) is 18.1. The average molecular weight is 399 g/mol. The number of benzene rings is 3. The van der Waals surface area contributed by atoms with Gasteiger partial charge < -0.3 is 5.32 Å². The van der Waals surface area contributed by atoms with Gasteiger partial charge >= 0.3 is 0 Å². The van der Waals surface area contributed by atoms with Crippen LogP contribution in [0.15, 0.2) is 70.6 Å². The summed E-state index contributed by atoms with van der Waals surface area (Å²) in [6, 6.07) is 19.1. The topological polar surface area (TPSA) is 41.5 Å². The van der Waals surface area contributed by atoms with E-state index < -0.39 is 0 Å². The van der Waals surface area contributed by atoms with Crippen LogP contribution < -0.4 is 5.32 Å². The molecule has 0 bridgehead atoms. The lowest BCUT2D eigenvalue weighted by Gasteiger charge is -2.02. The van der Waals surface area contributed by atoms with Gasteiger partial charge in [0.1, 0.15) is 0 Å². The fourth-order valence-corrected chi connectivity index (χ4v) is 3.94. The van der Waals surface area contributed by atoms with Crippen molar-refractivity contribution in [1.82, 2.24) is 5.32 Å². The van der Waals surface area contributed by atoms with Crippen molar-refractivity contribution in [1.29, 1.82) is 0 Å². The minimum absolute atomic E-state index is 0.194. The second-order valence-corrected chi connectivity index (χ2v) is 7.52. The largest absolute Gasteiger partial charge is 0.300 e. The van der Waals surface area contributed by atoms with E-state index in [1.165, 1.54) is 11.8 Å². The number of carbonyl (C=O) groups is 1. The lowest BCUT2D eigenvalue weighted by atomic mass is 10.1. The molecular formula is C20H12Cl2N2OS. The first-order valence-electron chi connectivity index (χ1n) is 7.82. The molecule has 1 heterocycles. The van der Waals surface area contributed by atoms with Gasteiger partial charge in [-0.25, -0.2) is 4.99 Å². The molecule has 1 aliphatic rings. The monoisotopic (exact) mass is 398 g/mol. The first kappa shape index (κ1) is 17.2. The van der Waals surface area contributed by atoms with Crippen molar-refractivity contribution in [3.8, 4) is 0 Å². The highest BCUT2D eigenvalue weighted by molar-refractivity contribution is 8.18. The quantitative estimate of drug-likeness (QED) is 0.534. The number of rotatable bonds is 2. The van der Waals surface area contributed by atoms with Crippen LogP contribution in [-0.4, -0.2) is 11.1 Å². The number of nitrogens with zero attached hydrogens (tertiary/aromatic N) is 1. The predicted octanol–water partition coefficient (Wildman–Crippen LogP) is 6.04. The Balaban J connectivity index is 1.67. The smallest absolute Gasteiger partial charge is 0.264 e. The first-order chi connectivity index (χ1) is 12.6. The molecule has 0 aliphatic carbocycles. The van der Waals surface area contributed by atoms with Gasteiger partial charge in [-0.2, -0.15) is 0 Å². The second kappa shape index (κ2) is 7.16. The van der Waals surface area contributed by atoms with E-state index in [0.29, 0.717) is 20.1 Å². The number of amidine groups is 1.